The molecular formula is C18H25ClFNO. The Morgan fingerprint density at radius 1 is 1.27 bits per heavy atom. The maximum Gasteiger partial charge on any atom is 0.162 e. The smallest absolute Gasteiger partial charge is 0.162 e. The normalized spacial score (nSPS) is 28.5. The Morgan fingerprint density at radius 2 is 1.95 bits per heavy atom. The molecule has 2 aliphatic heterocycles. The summed E-state index contributed by atoms with van der Waals surface area (Å²) >= 11 is 0. The highest BCUT2D eigenvalue weighted by atomic mass is 35.5. The van der Waals surface area contributed by atoms with Gasteiger partial charge in [-0.25, -0.2) is 4.39 Å². The fraction of sp³-hybridized carbons (Fsp3) is 0.611. The molecule has 2 bridgehead atoms. The van der Waals surface area contributed by atoms with Crippen molar-refractivity contribution in [3.8, 4) is 0 Å². The van der Waals surface area contributed by atoms with Crippen molar-refractivity contribution in [2.24, 2.45) is 11.3 Å². The Labute approximate surface area is 138 Å². The fourth-order valence-electron chi connectivity index (χ4n) is 3.92. The van der Waals surface area contributed by atoms with Crippen molar-refractivity contribution < 1.29 is 9.18 Å². The first-order chi connectivity index (χ1) is 10.2. The second-order valence-electron chi connectivity index (χ2n) is 6.73. The summed E-state index contributed by atoms with van der Waals surface area (Å²) in [6, 6.07) is 9.23. The molecule has 1 aromatic rings. The quantitative estimate of drug-likeness (QED) is 0.822. The summed E-state index contributed by atoms with van der Waals surface area (Å²) in [4.78, 5) is 12.1. The number of hydrogen-bond donors (Lipinski definition) is 1. The third kappa shape index (κ3) is 3.69. The molecule has 0 amide bonds. The largest absolute Gasteiger partial charge is 0.316 e. The third-order valence-corrected chi connectivity index (χ3v) is 5.40. The van der Waals surface area contributed by atoms with E-state index in [-0.39, 0.29) is 23.6 Å². The van der Waals surface area contributed by atoms with Gasteiger partial charge in [-0.05, 0) is 44.6 Å². The predicted molar refractivity (Wildman–Crippen MR) is 89.4 cm³/mol. The number of ketones is 1. The van der Waals surface area contributed by atoms with Gasteiger partial charge in [0.2, 0.25) is 0 Å². The molecule has 0 radical (unpaired) electrons. The maximum atomic E-state index is 14.8. The van der Waals surface area contributed by atoms with Crippen molar-refractivity contribution in [1.29, 1.82) is 0 Å². The number of alkyl halides is 1. The number of carbonyl (C=O) groups excluding carboxylic acids is 1. The Kier molecular flexibility index (Phi) is 5.99. The van der Waals surface area contributed by atoms with Gasteiger partial charge < -0.3 is 5.32 Å². The van der Waals surface area contributed by atoms with Crippen LogP contribution in [-0.2, 0) is 0 Å². The molecule has 1 aromatic carbocycles. The SMILES string of the molecule is Cl.O=C(CCC(F)C12CCC(CC1)CNC2)c1ccccc1. The zero-order valence-corrected chi connectivity index (χ0v) is 13.7. The Hall–Kier alpha value is -0.930. The van der Waals surface area contributed by atoms with E-state index in [4.69, 9.17) is 0 Å². The van der Waals surface area contributed by atoms with E-state index < -0.39 is 6.17 Å². The Morgan fingerprint density at radius 3 is 2.64 bits per heavy atom. The van der Waals surface area contributed by atoms with Gasteiger partial charge in [-0.1, -0.05) is 30.3 Å². The molecule has 3 fully saturated rings. The molecule has 1 aliphatic carbocycles. The lowest BCUT2D eigenvalue weighted by Gasteiger charge is -2.39. The van der Waals surface area contributed by atoms with Gasteiger partial charge in [-0.15, -0.1) is 12.4 Å². The Balaban J connectivity index is 0.00000176. The highest BCUT2D eigenvalue weighted by Gasteiger charge is 2.44. The van der Waals surface area contributed by atoms with E-state index in [1.807, 2.05) is 30.3 Å². The van der Waals surface area contributed by atoms with Gasteiger partial charge in [-0.2, -0.15) is 0 Å². The van der Waals surface area contributed by atoms with Crippen LogP contribution in [0.4, 0.5) is 4.39 Å². The molecule has 22 heavy (non-hydrogen) atoms. The van der Waals surface area contributed by atoms with Gasteiger partial charge >= 0.3 is 0 Å². The van der Waals surface area contributed by atoms with Gasteiger partial charge in [0.15, 0.2) is 5.78 Å². The van der Waals surface area contributed by atoms with E-state index in [2.05, 4.69) is 5.32 Å². The van der Waals surface area contributed by atoms with Gasteiger partial charge in [0, 0.05) is 23.9 Å². The van der Waals surface area contributed by atoms with Crippen LogP contribution < -0.4 is 5.32 Å². The van der Waals surface area contributed by atoms with Crippen LogP contribution in [-0.4, -0.2) is 25.0 Å². The van der Waals surface area contributed by atoms with Crippen LogP contribution >= 0.6 is 12.4 Å². The van der Waals surface area contributed by atoms with Crippen LogP contribution in [0, 0.1) is 11.3 Å². The topological polar surface area (TPSA) is 29.1 Å². The summed E-state index contributed by atoms with van der Waals surface area (Å²) in [7, 11) is 0. The van der Waals surface area contributed by atoms with Crippen LogP contribution in [0.25, 0.3) is 0 Å². The minimum absolute atomic E-state index is 0. The fourth-order valence-corrected chi connectivity index (χ4v) is 3.92. The molecular weight excluding hydrogens is 301 g/mol. The molecule has 0 aromatic heterocycles. The second kappa shape index (κ2) is 7.56. The van der Waals surface area contributed by atoms with E-state index in [9.17, 15) is 9.18 Å². The first-order valence-corrected chi connectivity index (χ1v) is 8.13. The van der Waals surface area contributed by atoms with Crippen LogP contribution in [0.15, 0.2) is 30.3 Å². The number of carbonyl (C=O) groups is 1. The van der Waals surface area contributed by atoms with Crippen molar-refractivity contribution in [3.63, 3.8) is 0 Å². The molecule has 122 valence electrons. The number of fused-ring (bicyclic) bond motifs is 4. The van der Waals surface area contributed by atoms with E-state index in [0.29, 0.717) is 18.4 Å². The number of hydrogen-bond acceptors (Lipinski definition) is 2. The predicted octanol–water partition coefficient (Wildman–Crippen LogP) is 4.19. The van der Waals surface area contributed by atoms with E-state index in [1.54, 1.807) is 0 Å². The molecule has 2 saturated heterocycles. The van der Waals surface area contributed by atoms with Crippen molar-refractivity contribution in [3.05, 3.63) is 35.9 Å². The standard InChI is InChI=1S/C18H24FNO.ClH/c19-17(7-6-16(21)15-4-2-1-3-5-15)18-10-8-14(9-11-18)12-20-13-18;/h1-5,14,17,20H,6-13H2;1H. The van der Waals surface area contributed by atoms with Gasteiger partial charge in [0.05, 0.1) is 0 Å². The molecule has 4 heteroatoms. The number of Topliss-reactive ketones (excluding diaryl/α,β-unsaturated/α-hetero) is 1. The minimum atomic E-state index is -0.864. The minimum Gasteiger partial charge on any atom is -0.316 e. The maximum absolute atomic E-state index is 14.8. The molecule has 1 atom stereocenters. The highest BCUT2D eigenvalue weighted by molar-refractivity contribution is 5.95. The summed E-state index contributed by atoms with van der Waals surface area (Å²) in [6.07, 6.45) is 4.05. The van der Waals surface area contributed by atoms with Gasteiger partial charge in [0.1, 0.15) is 6.17 Å². The first-order valence-electron chi connectivity index (χ1n) is 8.13. The average Bonchev–Trinajstić information content (AvgIpc) is 2.88. The van der Waals surface area contributed by atoms with Crippen LogP contribution in [0.2, 0.25) is 0 Å². The monoisotopic (exact) mass is 325 g/mol. The Bertz CT molecular complexity index is 480. The van der Waals surface area contributed by atoms with E-state index >= 15 is 0 Å². The summed E-state index contributed by atoms with van der Waals surface area (Å²) in [5, 5.41) is 3.43. The average molecular weight is 326 g/mol. The van der Waals surface area contributed by atoms with E-state index in [0.717, 1.165) is 44.7 Å². The van der Waals surface area contributed by atoms with Crippen molar-refractivity contribution in [2.45, 2.75) is 44.7 Å². The lowest BCUT2D eigenvalue weighted by molar-refractivity contribution is 0.0552. The van der Waals surface area contributed by atoms with Crippen molar-refractivity contribution in [2.75, 3.05) is 13.1 Å². The van der Waals surface area contributed by atoms with E-state index in [1.165, 1.54) is 0 Å². The van der Waals surface area contributed by atoms with Crippen LogP contribution in [0.5, 0.6) is 0 Å². The number of benzene rings is 1. The van der Waals surface area contributed by atoms with Gasteiger partial charge in [-0.3, -0.25) is 4.79 Å². The third-order valence-electron chi connectivity index (χ3n) is 5.40. The molecule has 1 unspecified atom stereocenters. The molecule has 2 heterocycles. The molecule has 1 saturated carbocycles. The van der Waals surface area contributed by atoms with Crippen LogP contribution in [0.1, 0.15) is 48.9 Å². The highest BCUT2D eigenvalue weighted by Crippen LogP contribution is 2.45. The summed E-state index contributed by atoms with van der Waals surface area (Å²) in [5.41, 5.74) is 0.481. The summed E-state index contributed by atoms with van der Waals surface area (Å²) in [6.45, 7) is 1.82. The lowest BCUT2D eigenvalue weighted by Crippen LogP contribution is -2.40. The summed E-state index contributed by atoms with van der Waals surface area (Å²) < 4.78 is 14.8. The molecule has 2 nitrogen and oxygen atoms in total. The second-order valence-corrected chi connectivity index (χ2v) is 6.73. The molecule has 0 spiro atoms. The molecule has 4 rings (SSSR count). The zero-order chi connectivity index (χ0) is 14.7. The molecule has 1 N–H and O–H groups in total. The first kappa shape index (κ1) is 17.4. The number of halogens is 2. The number of nitrogens with one attached hydrogen (secondary N) is 1. The lowest BCUT2D eigenvalue weighted by atomic mass is 9.68. The zero-order valence-electron chi connectivity index (χ0n) is 12.9. The van der Waals surface area contributed by atoms with Crippen LogP contribution in [0.3, 0.4) is 0 Å². The number of rotatable bonds is 5. The van der Waals surface area contributed by atoms with Gasteiger partial charge in [0.25, 0.3) is 0 Å². The van der Waals surface area contributed by atoms with Crippen molar-refractivity contribution in [1.82, 2.24) is 5.32 Å². The van der Waals surface area contributed by atoms with Crippen molar-refractivity contribution >= 4 is 18.2 Å². The molecule has 3 aliphatic rings. The summed E-state index contributed by atoms with van der Waals surface area (Å²) in [5.74, 6) is 0.795.